The molecule has 5 aromatic rings. The van der Waals surface area contributed by atoms with E-state index >= 15 is 0 Å². The molecule has 0 N–H and O–H groups in total. The van der Waals surface area contributed by atoms with Crippen LogP contribution >= 0.6 is 0 Å². The van der Waals surface area contributed by atoms with Crippen molar-refractivity contribution in [2.24, 2.45) is 13.0 Å². The van der Waals surface area contributed by atoms with Crippen LogP contribution in [0.3, 0.4) is 0 Å². The summed E-state index contributed by atoms with van der Waals surface area (Å²) in [6, 6.07) is 14.7. The van der Waals surface area contributed by atoms with Crippen LogP contribution in [-0.4, -0.2) is 51.7 Å². The number of rotatable bonds is 7. The lowest BCUT2D eigenvalue weighted by Crippen LogP contribution is -2.30. The lowest BCUT2D eigenvalue weighted by atomic mass is 9.79. The van der Waals surface area contributed by atoms with Gasteiger partial charge in [0.25, 0.3) is 0 Å². The lowest BCUT2D eigenvalue weighted by molar-refractivity contribution is -0.0493. The maximum Gasteiger partial charge on any atom is 0.248 e. The number of benzene rings is 2. The third-order valence-electron chi connectivity index (χ3n) is 8.30. The molecule has 2 aromatic carbocycles. The molecule has 220 valence electrons. The molecule has 6 rings (SSSR count). The molecule has 0 saturated heterocycles. The molecule has 3 aromatic heterocycles. The van der Waals surface area contributed by atoms with Gasteiger partial charge in [-0.25, -0.2) is 21.9 Å². The Morgan fingerprint density at radius 3 is 2.43 bits per heavy atom. The Kier molecular flexibility index (Phi) is 7.03. The molecule has 3 heterocycles. The Morgan fingerprint density at radius 2 is 1.81 bits per heavy atom. The van der Waals surface area contributed by atoms with Crippen LogP contribution in [0.5, 0.6) is 5.75 Å². The second-order valence-electron chi connectivity index (χ2n) is 11.2. The molecule has 0 aliphatic heterocycles. The van der Waals surface area contributed by atoms with Crippen LogP contribution in [0.2, 0.25) is 0 Å². The quantitative estimate of drug-likeness (QED) is 0.214. The Labute approximate surface area is 243 Å². The standard InChI is InChI=1S/C31H33F2N5O3S/c1-5-41-26-17-23(42(4,39)40)16-24-27(26)28-25(15-22(18-34-28)29-19(2)35-36-37(29)3)38(24)30(20-9-7-6-8-10-20)21-11-13-31(32,33)14-12-21/h6-10,15-18,21,30H,5,11-14H2,1-4H3. The first-order valence-electron chi connectivity index (χ1n) is 14.1. The van der Waals surface area contributed by atoms with Crippen LogP contribution in [-0.2, 0) is 16.9 Å². The number of aromatic nitrogens is 5. The molecule has 0 radical (unpaired) electrons. The fourth-order valence-electron chi connectivity index (χ4n) is 6.39. The summed E-state index contributed by atoms with van der Waals surface area (Å²) in [6.45, 7) is 4.05. The van der Waals surface area contributed by atoms with Crippen molar-refractivity contribution < 1.29 is 21.9 Å². The third-order valence-corrected chi connectivity index (χ3v) is 9.39. The van der Waals surface area contributed by atoms with E-state index in [1.54, 1.807) is 23.0 Å². The highest BCUT2D eigenvalue weighted by molar-refractivity contribution is 7.90. The van der Waals surface area contributed by atoms with Crippen LogP contribution in [0.1, 0.15) is 49.9 Å². The van der Waals surface area contributed by atoms with Crippen molar-refractivity contribution in [3.05, 3.63) is 66.0 Å². The van der Waals surface area contributed by atoms with Crippen molar-refractivity contribution >= 4 is 31.8 Å². The zero-order valence-electron chi connectivity index (χ0n) is 24.0. The van der Waals surface area contributed by atoms with Crippen molar-refractivity contribution in [3.8, 4) is 17.0 Å². The van der Waals surface area contributed by atoms with Gasteiger partial charge in [-0.1, -0.05) is 35.5 Å². The molecule has 0 spiro atoms. The van der Waals surface area contributed by atoms with E-state index in [4.69, 9.17) is 9.72 Å². The maximum absolute atomic E-state index is 14.4. The second kappa shape index (κ2) is 10.4. The predicted octanol–water partition coefficient (Wildman–Crippen LogP) is 6.51. The summed E-state index contributed by atoms with van der Waals surface area (Å²) in [6.07, 6.45) is 3.20. The van der Waals surface area contributed by atoms with Gasteiger partial charge in [0.1, 0.15) is 5.75 Å². The van der Waals surface area contributed by atoms with Crippen molar-refractivity contribution in [1.29, 1.82) is 0 Å². The van der Waals surface area contributed by atoms with E-state index in [1.807, 2.05) is 57.3 Å². The molecular formula is C31H33F2N5O3S. The van der Waals surface area contributed by atoms with Crippen LogP contribution < -0.4 is 4.74 Å². The summed E-state index contributed by atoms with van der Waals surface area (Å²) in [5, 5.41) is 9.05. The number of nitrogens with zero attached hydrogens (tertiary/aromatic N) is 5. The largest absolute Gasteiger partial charge is 0.493 e. The molecule has 0 bridgehead atoms. The van der Waals surface area contributed by atoms with Gasteiger partial charge in [-0.15, -0.1) is 5.10 Å². The van der Waals surface area contributed by atoms with Gasteiger partial charge in [0.05, 0.1) is 50.9 Å². The van der Waals surface area contributed by atoms with Crippen molar-refractivity contribution in [1.82, 2.24) is 24.5 Å². The Bertz CT molecular complexity index is 1870. The van der Waals surface area contributed by atoms with Crippen LogP contribution in [0.4, 0.5) is 8.78 Å². The van der Waals surface area contributed by atoms with E-state index < -0.39 is 15.8 Å². The molecule has 1 unspecified atom stereocenters. The molecule has 0 amide bonds. The summed E-state index contributed by atoms with van der Waals surface area (Å²) >= 11 is 0. The first-order valence-corrected chi connectivity index (χ1v) is 16.0. The van der Waals surface area contributed by atoms with Gasteiger partial charge >= 0.3 is 0 Å². The predicted molar refractivity (Wildman–Crippen MR) is 158 cm³/mol. The minimum Gasteiger partial charge on any atom is -0.493 e. The monoisotopic (exact) mass is 593 g/mol. The van der Waals surface area contributed by atoms with Gasteiger partial charge in [-0.05, 0) is 56.4 Å². The average Bonchev–Trinajstić information content (AvgIpc) is 3.45. The second-order valence-corrected chi connectivity index (χ2v) is 13.2. The highest BCUT2D eigenvalue weighted by Crippen LogP contribution is 2.47. The first-order chi connectivity index (χ1) is 20.0. The van der Waals surface area contributed by atoms with E-state index in [0.29, 0.717) is 41.6 Å². The number of hydrogen-bond donors (Lipinski definition) is 0. The molecule has 1 atom stereocenters. The normalized spacial score (nSPS) is 16.7. The van der Waals surface area contributed by atoms with Crippen molar-refractivity contribution in [2.75, 3.05) is 12.9 Å². The Hall–Kier alpha value is -3.86. The average molecular weight is 594 g/mol. The zero-order valence-corrected chi connectivity index (χ0v) is 24.8. The number of alkyl halides is 2. The molecule has 42 heavy (non-hydrogen) atoms. The molecule has 1 saturated carbocycles. The SMILES string of the molecule is CCOc1cc(S(C)(=O)=O)cc2c1c1ncc(-c3c(C)nnn3C)cc1n2C(c1ccccc1)C1CCC(F)(F)CC1. The minimum absolute atomic E-state index is 0.118. The fraction of sp³-hybridized carbons (Fsp3) is 0.387. The number of aryl methyl sites for hydroxylation is 2. The summed E-state index contributed by atoms with van der Waals surface area (Å²) in [4.78, 5) is 5.03. The summed E-state index contributed by atoms with van der Waals surface area (Å²) in [5.74, 6) is -2.39. The van der Waals surface area contributed by atoms with Gasteiger partial charge in [0.15, 0.2) is 9.84 Å². The number of hydrogen-bond acceptors (Lipinski definition) is 6. The van der Waals surface area contributed by atoms with Gasteiger partial charge < -0.3 is 9.30 Å². The maximum atomic E-state index is 14.4. The summed E-state index contributed by atoms with van der Waals surface area (Å²) in [5.41, 5.74) is 5.32. The topological polar surface area (TPSA) is 91.9 Å². The number of fused-ring (bicyclic) bond motifs is 3. The number of pyridine rings is 1. The molecule has 1 fully saturated rings. The highest BCUT2D eigenvalue weighted by atomic mass is 32.2. The highest BCUT2D eigenvalue weighted by Gasteiger charge is 2.40. The van der Waals surface area contributed by atoms with E-state index in [1.165, 1.54) is 6.26 Å². The number of ether oxygens (including phenoxy) is 1. The lowest BCUT2D eigenvalue weighted by Gasteiger charge is -2.35. The van der Waals surface area contributed by atoms with Gasteiger partial charge in [0, 0.05) is 37.9 Å². The fourth-order valence-corrected chi connectivity index (χ4v) is 7.04. The van der Waals surface area contributed by atoms with E-state index in [2.05, 4.69) is 14.9 Å². The Balaban J connectivity index is 1.73. The number of halogens is 2. The van der Waals surface area contributed by atoms with Crippen molar-refractivity contribution in [2.45, 2.75) is 56.4 Å². The summed E-state index contributed by atoms with van der Waals surface area (Å²) < 4.78 is 64.3. The molecule has 1 aliphatic carbocycles. The van der Waals surface area contributed by atoms with Crippen molar-refractivity contribution in [3.63, 3.8) is 0 Å². The number of sulfone groups is 1. The minimum atomic E-state index is -3.61. The first kappa shape index (κ1) is 28.3. The van der Waals surface area contributed by atoms with Gasteiger partial charge in [0.2, 0.25) is 5.92 Å². The molecular weight excluding hydrogens is 560 g/mol. The van der Waals surface area contributed by atoms with E-state index in [-0.39, 0.29) is 29.7 Å². The zero-order chi connectivity index (χ0) is 29.8. The smallest absolute Gasteiger partial charge is 0.248 e. The van der Waals surface area contributed by atoms with Crippen LogP contribution in [0.15, 0.2) is 59.6 Å². The van der Waals surface area contributed by atoms with E-state index in [0.717, 1.165) is 28.0 Å². The molecule has 11 heteroatoms. The van der Waals surface area contributed by atoms with E-state index in [9.17, 15) is 17.2 Å². The summed E-state index contributed by atoms with van der Waals surface area (Å²) in [7, 11) is -1.79. The molecule has 8 nitrogen and oxygen atoms in total. The van der Waals surface area contributed by atoms with Gasteiger partial charge in [-0.2, -0.15) is 0 Å². The van der Waals surface area contributed by atoms with Crippen LogP contribution in [0, 0.1) is 12.8 Å². The third kappa shape index (κ3) is 4.93. The van der Waals surface area contributed by atoms with Gasteiger partial charge in [-0.3, -0.25) is 4.98 Å². The Morgan fingerprint density at radius 1 is 1.10 bits per heavy atom. The van der Waals surface area contributed by atoms with Crippen LogP contribution in [0.25, 0.3) is 33.2 Å². The molecule has 1 aliphatic rings.